The molecule has 0 spiro atoms. The van der Waals surface area contributed by atoms with Crippen LogP contribution in [-0.2, 0) is 30.5 Å². The lowest BCUT2D eigenvalue weighted by molar-refractivity contribution is -0.164. The van der Waals surface area contributed by atoms with Crippen molar-refractivity contribution in [1.29, 1.82) is 0 Å². The Kier molecular flexibility index (Phi) is 9.94. The Balaban J connectivity index is 1.23. The molecule has 4 aromatic rings. The predicted molar refractivity (Wildman–Crippen MR) is 181 cm³/mol. The Labute approximate surface area is 287 Å². The van der Waals surface area contributed by atoms with Gasteiger partial charge in [0.05, 0.1) is 0 Å². The van der Waals surface area contributed by atoms with Gasteiger partial charge in [-0.2, -0.15) is 4.80 Å². The minimum absolute atomic E-state index is 0.0537. The number of anilines is 1. The molecule has 0 bridgehead atoms. The van der Waals surface area contributed by atoms with Gasteiger partial charge in [-0.1, -0.05) is 83.5 Å². The molecule has 4 heterocycles. The smallest absolute Gasteiger partial charge is 0.316 e. The summed E-state index contributed by atoms with van der Waals surface area (Å²) in [4.78, 5) is 53.0. The zero-order valence-electron chi connectivity index (χ0n) is 25.5. The maximum Gasteiger partial charge on any atom is 0.316 e. The molecule has 2 aliphatic heterocycles. The Hall–Kier alpha value is -4.92. The van der Waals surface area contributed by atoms with Crippen molar-refractivity contribution in [3.63, 3.8) is 0 Å². The molecule has 2 unspecified atom stereocenters. The van der Waals surface area contributed by atoms with Gasteiger partial charge in [0.1, 0.15) is 36.2 Å². The number of nitrogens with zero attached hydrogens (tertiary/aromatic N) is 7. The van der Waals surface area contributed by atoms with Gasteiger partial charge in [-0.3, -0.25) is 14.4 Å². The molecular formula is C31H29N9O5S3. The monoisotopic (exact) mass is 703 g/mol. The van der Waals surface area contributed by atoms with Crippen LogP contribution >= 0.6 is 34.9 Å². The third kappa shape index (κ3) is 6.86. The first kappa shape index (κ1) is 33.0. The molecule has 0 radical (unpaired) electrons. The Bertz CT molecular complexity index is 1820. The quantitative estimate of drug-likeness (QED) is 0.0550. The molecule has 6 rings (SSSR count). The number of thiazole rings is 1. The van der Waals surface area contributed by atoms with Crippen LogP contribution in [0.3, 0.4) is 0 Å². The summed E-state index contributed by atoms with van der Waals surface area (Å²) in [5, 5.41) is 20.6. The number of nitrogens with two attached hydrogens (primary N) is 1. The van der Waals surface area contributed by atoms with Crippen LogP contribution in [0.5, 0.6) is 0 Å². The number of nitrogen functional groups attached to an aromatic ring is 1. The number of carbonyl (C=O) groups excluding carboxylic acids is 3. The molecule has 2 amide bonds. The number of amides is 2. The van der Waals surface area contributed by atoms with E-state index >= 15 is 0 Å². The number of benzene rings is 2. The summed E-state index contributed by atoms with van der Waals surface area (Å²) >= 11 is 3.75. The molecule has 246 valence electrons. The van der Waals surface area contributed by atoms with Gasteiger partial charge in [0.25, 0.3) is 5.91 Å². The second kappa shape index (κ2) is 14.5. The molecule has 3 N–H and O–H groups in total. The predicted octanol–water partition coefficient (Wildman–Crippen LogP) is 2.21. The second-order valence-electron chi connectivity index (χ2n) is 10.8. The van der Waals surface area contributed by atoms with Crippen LogP contribution in [0.15, 0.2) is 76.4 Å². The van der Waals surface area contributed by atoms with Gasteiger partial charge in [0.15, 0.2) is 16.9 Å². The van der Waals surface area contributed by atoms with Crippen LogP contribution in [0.1, 0.15) is 22.9 Å². The SMILES string of the molecule is C#CCn1nnc(SCC2(C(=O)OC(c3ccccc3)c3ccccc3)CS[C@@H]3C(NC(=O)C(=NOC)c4csc(N)n4)C(=O)N3C2)n1. The van der Waals surface area contributed by atoms with Crippen molar-refractivity contribution in [3.05, 3.63) is 82.9 Å². The number of esters is 1. The largest absolute Gasteiger partial charge is 0.452 e. The number of ether oxygens (including phenoxy) is 1. The minimum Gasteiger partial charge on any atom is -0.452 e. The van der Waals surface area contributed by atoms with Crippen LogP contribution in [0.2, 0.25) is 0 Å². The molecule has 0 aliphatic carbocycles. The summed E-state index contributed by atoms with van der Waals surface area (Å²) in [7, 11) is 1.30. The van der Waals surface area contributed by atoms with E-state index in [1.165, 1.54) is 35.4 Å². The van der Waals surface area contributed by atoms with Crippen molar-refractivity contribution in [2.24, 2.45) is 10.6 Å². The topological polar surface area (TPSA) is 180 Å². The fourth-order valence-electron chi connectivity index (χ4n) is 5.25. The third-order valence-corrected chi connectivity index (χ3v) is 11.0. The number of fused-ring (bicyclic) bond motifs is 1. The lowest BCUT2D eigenvalue weighted by atomic mass is 9.88. The van der Waals surface area contributed by atoms with Crippen molar-refractivity contribution in [3.8, 4) is 12.3 Å². The van der Waals surface area contributed by atoms with E-state index in [-0.39, 0.29) is 47.0 Å². The summed E-state index contributed by atoms with van der Waals surface area (Å²) in [6.45, 7) is 0.203. The first-order valence-electron chi connectivity index (χ1n) is 14.5. The molecule has 2 aliphatic rings. The van der Waals surface area contributed by atoms with Crippen LogP contribution in [-0.4, -0.2) is 90.2 Å². The number of thioether (sulfide) groups is 2. The molecule has 2 fully saturated rings. The normalized spacial score (nSPS) is 20.4. The summed E-state index contributed by atoms with van der Waals surface area (Å²) in [6, 6.07) is 18.1. The standard InChI is InChI=1S/C31H29N9O5S3/c1-3-14-40-36-30(35-38-40)48-18-31(28(43)45-24(19-10-6-4-7-11-19)20-12-8-5-9-13-20)16-39-26(42)23(27(39)47-17-31)34-25(41)22(37-44-2)21-15-46-29(32)33-21/h1,4-13,15,23-24,27H,14,16-18H2,2H3,(H2,32,33)(H,34,41)/t23?,27-,31?/m1/s1. The Morgan fingerprint density at radius 3 is 2.54 bits per heavy atom. The van der Waals surface area contributed by atoms with Crippen LogP contribution in [0.25, 0.3) is 0 Å². The van der Waals surface area contributed by atoms with E-state index in [0.717, 1.165) is 22.5 Å². The minimum atomic E-state index is -1.16. The molecule has 17 heteroatoms. The molecule has 2 saturated heterocycles. The number of carbonyl (C=O) groups is 3. The van der Waals surface area contributed by atoms with E-state index in [9.17, 15) is 14.4 Å². The zero-order valence-corrected chi connectivity index (χ0v) is 27.9. The molecule has 3 atom stereocenters. The fourth-order valence-corrected chi connectivity index (χ4v) is 8.43. The van der Waals surface area contributed by atoms with Crippen LogP contribution < -0.4 is 11.1 Å². The second-order valence-corrected chi connectivity index (χ2v) is 13.7. The number of hydrogen-bond donors (Lipinski definition) is 2. The van der Waals surface area contributed by atoms with Gasteiger partial charge in [0, 0.05) is 23.4 Å². The number of rotatable bonds is 12. The lowest BCUT2D eigenvalue weighted by Gasteiger charge is -2.54. The van der Waals surface area contributed by atoms with E-state index in [0.29, 0.717) is 5.16 Å². The number of nitrogens with one attached hydrogen (secondary N) is 1. The highest BCUT2D eigenvalue weighted by atomic mass is 32.2. The molecule has 48 heavy (non-hydrogen) atoms. The molecule has 2 aromatic heterocycles. The highest BCUT2D eigenvalue weighted by molar-refractivity contribution is 8.00. The number of hydrogen-bond acceptors (Lipinski definition) is 14. The number of β-lactam (4-membered cyclic amide) rings is 1. The molecule has 14 nitrogen and oxygen atoms in total. The number of oxime groups is 1. The third-order valence-electron chi connectivity index (χ3n) is 7.60. The number of terminal acetylenes is 1. The number of tetrazole rings is 1. The van der Waals surface area contributed by atoms with Gasteiger partial charge in [-0.25, -0.2) is 4.98 Å². The van der Waals surface area contributed by atoms with Crippen molar-refractivity contribution in [2.75, 3.05) is 30.9 Å². The summed E-state index contributed by atoms with van der Waals surface area (Å²) < 4.78 is 6.33. The maximum absolute atomic E-state index is 14.4. The molecule has 0 saturated carbocycles. The Morgan fingerprint density at radius 1 is 1.21 bits per heavy atom. The Morgan fingerprint density at radius 2 is 1.92 bits per heavy atom. The van der Waals surface area contributed by atoms with Gasteiger partial charge >= 0.3 is 5.97 Å². The average molecular weight is 704 g/mol. The van der Waals surface area contributed by atoms with Crippen molar-refractivity contribution in [2.45, 2.75) is 29.2 Å². The average Bonchev–Trinajstić information content (AvgIpc) is 3.76. The van der Waals surface area contributed by atoms with E-state index in [2.05, 4.69) is 36.8 Å². The summed E-state index contributed by atoms with van der Waals surface area (Å²) in [5.74, 6) is 1.48. The van der Waals surface area contributed by atoms with Crippen molar-refractivity contribution < 1.29 is 24.0 Å². The van der Waals surface area contributed by atoms with Crippen molar-refractivity contribution >= 4 is 63.5 Å². The number of aromatic nitrogens is 5. The first-order valence-corrected chi connectivity index (χ1v) is 17.4. The molecular weight excluding hydrogens is 675 g/mol. The van der Waals surface area contributed by atoms with E-state index in [1.54, 1.807) is 10.3 Å². The summed E-state index contributed by atoms with van der Waals surface area (Å²) in [6.07, 6.45) is 4.70. The maximum atomic E-state index is 14.4. The van der Waals surface area contributed by atoms with Crippen molar-refractivity contribution in [1.82, 2.24) is 35.4 Å². The fraction of sp³-hybridized carbons (Fsp3) is 0.290. The zero-order chi connectivity index (χ0) is 33.7. The highest BCUT2D eigenvalue weighted by Gasteiger charge is 2.58. The van der Waals surface area contributed by atoms with Gasteiger partial charge in [-0.15, -0.1) is 39.7 Å². The van der Waals surface area contributed by atoms with Crippen LogP contribution in [0, 0.1) is 17.8 Å². The first-order chi connectivity index (χ1) is 23.3. The lowest BCUT2D eigenvalue weighted by Crippen LogP contribution is -2.74. The van der Waals surface area contributed by atoms with Gasteiger partial charge in [0.2, 0.25) is 11.1 Å². The van der Waals surface area contributed by atoms with Gasteiger partial charge < -0.3 is 25.5 Å². The van der Waals surface area contributed by atoms with Gasteiger partial charge in [-0.05, 0) is 16.3 Å². The summed E-state index contributed by atoms with van der Waals surface area (Å²) in [5.41, 5.74) is 6.32. The van der Waals surface area contributed by atoms with E-state index < -0.39 is 34.8 Å². The van der Waals surface area contributed by atoms with Crippen LogP contribution in [0.4, 0.5) is 5.13 Å². The van der Waals surface area contributed by atoms with E-state index in [4.69, 9.17) is 21.7 Å². The highest BCUT2D eigenvalue weighted by Crippen LogP contribution is 2.45. The molecule has 2 aromatic carbocycles. The van der Waals surface area contributed by atoms with E-state index in [1.807, 2.05) is 60.7 Å².